The van der Waals surface area contributed by atoms with E-state index in [4.69, 9.17) is 0 Å². The number of rotatable bonds is 0. The Labute approximate surface area is 89.5 Å². The number of halogens is 2. The van der Waals surface area contributed by atoms with Crippen LogP contribution in [-0.4, -0.2) is 4.98 Å². The Balaban J connectivity index is 0.000000640. The van der Waals surface area contributed by atoms with Crippen LogP contribution in [0.3, 0.4) is 0 Å². The molecule has 0 aliphatic carbocycles. The van der Waals surface area contributed by atoms with Gasteiger partial charge in [0, 0.05) is 0 Å². The normalized spacial score (nSPS) is 8.33. The third-order valence-electron chi connectivity index (χ3n) is 0.789. The van der Waals surface area contributed by atoms with Crippen molar-refractivity contribution in [3.63, 3.8) is 0 Å². The molecule has 1 rings (SSSR count). The monoisotopic (exact) mass is 347 g/mol. The summed E-state index contributed by atoms with van der Waals surface area (Å²) in [6, 6.07) is 4.02. The van der Waals surface area contributed by atoms with E-state index in [-0.39, 0.29) is 24.0 Å². The molecule has 0 aromatic carbocycles. The molecule has 1 nitrogen and oxygen atoms in total. The SMILES string of the molecule is [I-].[Zn+][c]1ccc(Br)cn1. The van der Waals surface area contributed by atoms with Crippen molar-refractivity contribution in [2.75, 3.05) is 0 Å². The standard InChI is InChI=1S/C5H3BrN.HI.Zn/c6-5-2-1-3-7-4-5;;/h1-2,4H;1H;/q;;+1/p-1. The van der Waals surface area contributed by atoms with Crippen molar-refractivity contribution in [1.29, 1.82) is 0 Å². The topological polar surface area (TPSA) is 12.9 Å². The molecule has 0 saturated carbocycles. The molecule has 0 bridgehead atoms. The molecule has 0 N–H and O–H groups in total. The van der Waals surface area contributed by atoms with Gasteiger partial charge in [-0.1, -0.05) is 0 Å². The minimum absolute atomic E-state index is 0. The number of hydrogen-bond acceptors (Lipinski definition) is 1. The molecule has 0 amide bonds. The molecule has 1 aromatic rings. The van der Waals surface area contributed by atoms with Crippen molar-refractivity contribution in [3.8, 4) is 0 Å². The van der Waals surface area contributed by atoms with Gasteiger partial charge in [0.1, 0.15) is 0 Å². The van der Waals surface area contributed by atoms with E-state index < -0.39 is 0 Å². The van der Waals surface area contributed by atoms with Gasteiger partial charge in [-0.2, -0.15) is 0 Å². The average Bonchev–Trinajstić information content (AvgIpc) is 1.77. The van der Waals surface area contributed by atoms with Gasteiger partial charge in [0.05, 0.1) is 0 Å². The predicted octanol–water partition coefficient (Wildman–Crippen LogP) is -1.98. The molecule has 0 aliphatic rings. The Morgan fingerprint density at radius 3 is 2.44 bits per heavy atom. The van der Waals surface area contributed by atoms with Crippen molar-refractivity contribution < 1.29 is 42.3 Å². The van der Waals surface area contributed by atoms with Crippen molar-refractivity contribution in [1.82, 2.24) is 4.98 Å². The predicted molar refractivity (Wildman–Crippen MR) is 31.6 cm³/mol. The average molecular weight is 349 g/mol. The van der Waals surface area contributed by atoms with Crippen LogP contribution in [0, 0.1) is 0 Å². The molecular weight excluding hydrogens is 346 g/mol. The van der Waals surface area contributed by atoms with Crippen molar-refractivity contribution >= 4 is 20.2 Å². The third-order valence-corrected chi connectivity index (χ3v) is 2.14. The van der Waals surface area contributed by atoms with E-state index in [1.54, 1.807) is 0 Å². The van der Waals surface area contributed by atoms with Gasteiger partial charge in [0.2, 0.25) is 0 Å². The maximum atomic E-state index is 4.09. The summed E-state index contributed by atoms with van der Waals surface area (Å²) in [5.41, 5.74) is 0. The van der Waals surface area contributed by atoms with E-state index in [1.165, 1.54) is 4.29 Å². The van der Waals surface area contributed by atoms with Crippen LogP contribution in [0.15, 0.2) is 22.8 Å². The maximum absolute atomic E-state index is 4.09. The van der Waals surface area contributed by atoms with Gasteiger partial charge in [-0.05, 0) is 0 Å². The summed E-state index contributed by atoms with van der Waals surface area (Å²) in [6.45, 7) is 0. The van der Waals surface area contributed by atoms with Crippen molar-refractivity contribution in [2.24, 2.45) is 0 Å². The molecule has 9 heavy (non-hydrogen) atoms. The van der Waals surface area contributed by atoms with Crippen LogP contribution >= 0.6 is 15.9 Å². The summed E-state index contributed by atoms with van der Waals surface area (Å²) < 4.78 is 2.22. The molecular formula is C5H3BrINZn. The van der Waals surface area contributed by atoms with Crippen LogP contribution in [0.1, 0.15) is 0 Å². The van der Waals surface area contributed by atoms with E-state index in [0.29, 0.717) is 0 Å². The van der Waals surface area contributed by atoms with Gasteiger partial charge < -0.3 is 24.0 Å². The number of hydrogen-bond donors (Lipinski definition) is 0. The molecule has 1 aromatic heterocycles. The first kappa shape index (κ1) is 9.98. The Morgan fingerprint density at radius 1 is 1.44 bits per heavy atom. The van der Waals surface area contributed by atoms with Crippen molar-refractivity contribution in [3.05, 3.63) is 22.8 Å². The summed E-state index contributed by atoms with van der Waals surface area (Å²) in [6.07, 6.45) is 1.82. The zero-order valence-corrected chi connectivity index (χ0v) is 11.4. The molecule has 0 saturated heterocycles. The molecule has 0 atom stereocenters. The Kier molecular flexibility index (Phi) is 5.26. The number of nitrogens with zero attached hydrogens (tertiary/aromatic N) is 1. The van der Waals surface area contributed by atoms with E-state index in [2.05, 4.69) is 20.9 Å². The first-order valence-electron chi connectivity index (χ1n) is 2.22. The zero-order chi connectivity index (χ0) is 5.98. The molecule has 44 valence electrons. The van der Waals surface area contributed by atoms with Crippen LogP contribution in [0.25, 0.3) is 0 Å². The van der Waals surface area contributed by atoms with Gasteiger partial charge in [-0.3, -0.25) is 0 Å². The number of aromatic nitrogens is 1. The van der Waals surface area contributed by atoms with E-state index >= 15 is 0 Å². The third kappa shape index (κ3) is 3.63. The summed E-state index contributed by atoms with van der Waals surface area (Å²) in [7, 11) is 0. The number of pyridine rings is 1. The fourth-order valence-corrected chi connectivity index (χ4v) is 1.08. The molecule has 0 aliphatic heterocycles. The zero-order valence-electron chi connectivity index (χ0n) is 4.64. The molecule has 4 heteroatoms. The molecule has 0 spiro atoms. The molecule has 0 unspecified atom stereocenters. The van der Waals surface area contributed by atoms with E-state index in [1.807, 2.05) is 18.3 Å². The van der Waals surface area contributed by atoms with E-state index in [9.17, 15) is 0 Å². The first-order valence-corrected chi connectivity index (χ1v) is 4.50. The van der Waals surface area contributed by atoms with Crippen LogP contribution < -0.4 is 28.3 Å². The fraction of sp³-hybridized carbons (Fsp3) is 0. The second kappa shape index (κ2) is 4.75. The summed E-state index contributed by atoms with van der Waals surface area (Å²) in [5, 5.41) is 0. The van der Waals surface area contributed by atoms with Crippen LogP contribution in [0.5, 0.6) is 0 Å². The first-order chi connectivity index (χ1) is 3.79. The van der Waals surface area contributed by atoms with Crippen LogP contribution in [-0.2, 0) is 18.3 Å². The quantitative estimate of drug-likeness (QED) is 0.391. The summed E-state index contributed by atoms with van der Waals surface area (Å²) in [5.74, 6) is 0. The molecule has 0 radical (unpaired) electrons. The van der Waals surface area contributed by atoms with Gasteiger partial charge in [-0.15, -0.1) is 0 Å². The van der Waals surface area contributed by atoms with E-state index in [0.717, 1.165) is 22.8 Å². The molecule has 0 fully saturated rings. The fourth-order valence-electron chi connectivity index (χ4n) is 0.406. The van der Waals surface area contributed by atoms with Crippen molar-refractivity contribution in [2.45, 2.75) is 0 Å². The Bertz CT molecular complexity index is 156. The Morgan fingerprint density at radius 2 is 2.11 bits per heavy atom. The van der Waals surface area contributed by atoms with Crippen LogP contribution in [0.2, 0.25) is 0 Å². The van der Waals surface area contributed by atoms with Crippen LogP contribution in [0.4, 0.5) is 0 Å². The van der Waals surface area contributed by atoms with Gasteiger partial charge in [0.25, 0.3) is 0 Å². The van der Waals surface area contributed by atoms with Gasteiger partial charge in [-0.25, -0.2) is 0 Å². The minimum atomic E-state index is 0. The molecule has 1 heterocycles. The van der Waals surface area contributed by atoms with Gasteiger partial charge in [0.15, 0.2) is 0 Å². The summed E-state index contributed by atoms with van der Waals surface area (Å²) in [4.78, 5) is 4.09. The Hall–Kier alpha value is 0.983. The second-order valence-electron chi connectivity index (χ2n) is 1.47. The second-order valence-corrected chi connectivity index (χ2v) is 3.90. The van der Waals surface area contributed by atoms with Gasteiger partial charge >= 0.3 is 66.3 Å². The summed E-state index contributed by atoms with van der Waals surface area (Å²) >= 11 is 4.43.